The molecule has 0 radical (unpaired) electrons. The van der Waals surface area contributed by atoms with Gasteiger partial charge in [0, 0.05) is 11.1 Å². The van der Waals surface area contributed by atoms with Gasteiger partial charge < -0.3 is 0 Å². The van der Waals surface area contributed by atoms with Crippen LogP contribution >= 0.6 is 22.9 Å². The lowest BCUT2D eigenvalue weighted by Crippen LogP contribution is -2.07. The highest BCUT2D eigenvalue weighted by atomic mass is 35.5. The third-order valence-corrected chi connectivity index (χ3v) is 4.11. The van der Waals surface area contributed by atoms with E-state index in [0.717, 1.165) is 9.90 Å². The van der Waals surface area contributed by atoms with Crippen LogP contribution in [0.4, 0.5) is 0 Å². The first-order valence-corrected chi connectivity index (χ1v) is 6.76. The Hall–Kier alpha value is -1.37. The third kappa shape index (κ3) is 3.10. The number of hydrogen-bond acceptors (Lipinski definition) is 3. The number of halogens is 1. The summed E-state index contributed by atoms with van der Waals surface area (Å²) in [6.07, 6.45) is 1.63. The van der Waals surface area contributed by atoms with Crippen LogP contribution in [0.2, 0.25) is 4.34 Å². The van der Waals surface area contributed by atoms with Crippen LogP contribution in [0, 0.1) is 11.8 Å². The molecule has 2 aromatic rings. The second kappa shape index (κ2) is 5.09. The molecule has 0 aromatic carbocycles. The van der Waals surface area contributed by atoms with Crippen molar-refractivity contribution in [3.05, 3.63) is 44.9 Å². The molecule has 0 bridgehead atoms. The van der Waals surface area contributed by atoms with Crippen molar-refractivity contribution >= 4 is 22.9 Å². The second-order valence-corrected chi connectivity index (χ2v) is 6.56. The van der Waals surface area contributed by atoms with Gasteiger partial charge in [0.2, 0.25) is 0 Å². The Morgan fingerprint density at radius 3 is 2.61 bits per heavy atom. The highest BCUT2D eigenvalue weighted by Gasteiger charge is 2.18. The van der Waals surface area contributed by atoms with Gasteiger partial charge in [0.05, 0.1) is 5.56 Å². The first kappa shape index (κ1) is 13.1. The van der Waals surface area contributed by atoms with Gasteiger partial charge in [0.15, 0.2) is 0 Å². The van der Waals surface area contributed by atoms with Gasteiger partial charge in [-0.1, -0.05) is 38.3 Å². The van der Waals surface area contributed by atoms with Gasteiger partial charge in [0.25, 0.3) is 0 Å². The van der Waals surface area contributed by atoms with Crippen LogP contribution in [0.25, 0.3) is 0 Å². The maximum absolute atomic E-state index is 6.20. The molecular weight excluding hydrogens is 264 g/mol. The molecule has 0 aliphatic carbocycles. The highest BCUT2D eigenvalue weighted by Crippen LogP contribution is 2.35. The van der Waals surface area contributed by atoms with E-state index in [1.165, 1.54) is 4.88 Å². The van der Waals surface area contributed by atoms with Crippen molar-refractivity contribution in [2.24, 2.45) is 0 Å². The maximum Gasteiger partial charge on any atom is 0.136 e. The predicted molar refractivity (Wildman–Crippen MR) is 76.0 cm³/mol. The first-order chi connectivity index (χ1) is 8.47. The molecule has 0 aliphatic rings. The summed E-state index contributed by atoms with van der Waals surface area (Å²) in [6.45, 7) is 6.49. The summed E-state index contributed by atoms with van der Waals surface area (Å²) < 4.78 is 0.733. The van der Waals surface area contributed by atoms with Gasteiger partial charge >= 0.3 is 0 Å². The number of thiophene rings is 1. The normalized spacial score (nSPS) is 10.9. The van der Waals surface area contributed by atoms with Crippen molar-refractivity contribution in [3.8, 4) is 11.8 Å². The molecule has 0 spiro atoms. The fourth-order valence-corrected chi connectivity index (χ4v) is 2.57. The molecule has 18 heavy (non-hydrogen) atoms. The summed E-state index contributed by atoms with van der Waals surface area (Å²) >= 11 is 7.78. The first-order valence-electron chi connectivity index (χ1n) is 5.56. The molecule has 0 atom stereocenters. The molecule has 0 aliphatic heterocycles. The van der Waals surface area contributed by atoms with E-state index in [9.17, 15) is 0 Å². The van der Waals surface area contributed by atoms with Crippen molar-refractivity contribution in [1.29, 1.82) is 0 Å². The Balaban J connectivity index is 2.31. The fraction of sp³-hybridized carbons (Fsp3) is 0.286. The van der Waals surface area contributed by atoms with Crippen LogP contribution in [0.5, 0.6) is 0 Å². The molecule has 0 unspecified atom stereocenters. The van der Waals surface area contributed by atoms with Crippen molar-refractivity contribution < 1.29 is 0 Å². The van der Waals surface area contributed by atoms with E-state index >= 15 is 0 Å². The lowest BCUT2D eigenvalue weighted by Gasteiger charge is -2.14. The van der Waals surface area contributed by atoms with E-state index in [0.29, 0.717) is 5.69 Å². The molecule has 0 saturated heterocycles. The number of aromatic nitrogens is 2. The van der Waals surface area contributed by atoms with Crippen LogP contribution in [0.15, 0.2) is 24.4 Å². The summed E-state index contributed by atoms with van der Waals surface area (Å²) in [5.74, 6) is 6.01. The minimum absolute atomic E-state index is 0.0980. The average molecular weight is 277 g/mol. The molecule has 92 valence electrons. The van der Waals surface area contributed by atoms with E-state index < -0.39 is 0 Å². The molecular formula is C14H13ClN2S. The number of rotatable bonds is 0. The average Bonchev–Trinajstić information content (AvgIpc) is 2.69. The molecule has 2 rings (SSSR count). The molecule has 0 amide bonds. The Morgan fingerprint density at radius 2 is 2.06 bits per heavy atom. The van der Waals surface area contributed by atoms with E-state index in [1.54, 1.807) is 17.5 Å². The van der Waals surface area contributed by atoms with Gasteiger partial charge in [-0.2, -0.15) is 5.10 Å². The molecule has 0 N–H and O–H groups in total. The van der Waals surface area contributed by atoms with E-state index in [2.05, 4.69) is 48.9 Å². The fourth-order valence-electron chi connectivity index (χ4n) is 1.32. The van der Waals surface area contributed by atoms with Gasteiger partial charge in [-0.25, -0.2) is 0 Å². The maximum atomic E-state index is 6.20. The molecule has 2 nitrogen and oxygen atoms in total. The SMILES string of the molecule is CC(C)(C)c1cc(C#Cc2cccnn2)c(Cl)s1. The van der Waals surface area contributed by atoms with Gasteiger partial charge in [0.1, 0.15) is 10.0 Å². The third-order valence-electron chi connectivity index (χ3n) is 2.32. The lowest BCUT2D eigenvalue weighted by atomic mass is 9.94. The molecule has 0 saturated carbocycles. The van der Waals surface area contributed by atoms with Crippen LogP contribution in [-0.4, -0.2) is 10.2 Å². The summed E-state index contributed by atoms with van der Waals surface area (Å²) in [4.78, 5) is 1.23. The Kier molecular flexibility index (Phi) is 3.70. The van der Waals surface area contributed by atoms with Crippen LogP contribution in [-0.2, 0) is 5.41 Å². The summed E-state index contributed by atoms with van der Waals surface area (Å²) in [5, 5.41) is 7.70. The van der Waals surface area contributed by atoms with Crippen molar-refractivity contribution in [2.45, 2.75) is 26.2 Å². The minimum atomic E-state index is 0.0980. The van der Waals surface area contributed by atoms with Crippen molar-refractivity contribution in [3.63, 3.8) is 0 Å². The molecule has 2 aromatic heterocycles. The Bertz CT molecular complexity index is 600. The molecule has 0 fully saturated rings. The Morgan fingerprint density at radius 1 is 1.28 bits per heavy atom. The zero-order valence-electron chi connectivity index (χ0n) is 10.5. The van der Waals surface area contributed by atoms with Crippen LogP contribution in [0.3, 0.4) is 0 Å². The zero-order valence-corrected chi connectivity index (χ0v) is 12.1. The van der Waals surface area contributed by atoms with Crippen LogP contribution in [0.1, 0.15) is 36.9 Å². The van der Waals surface area contributed by atoms with Crippen molar-refractivity contribution in [2.75, 3.05) is 0 Å². The van der Waals surface area contributed by atoms with Gasteiger partial charge in [-0.3, -0.25) is 0 Å². The topological polar surface area (TPSA) is 25.8 Å². The summed E-state index contributed by atoms with van der Waals surface area (Å²) in [7, 11) is 0. The molecule has 4 heteroatoms. The second-order valence-electron chi connectivity index (χ2n) is 4.91. The monoisotopic (exact) mass is 276 g/mol. The van der Waals surface area contributed by atoms with Crippen molar-refractivity contribution in [1.82, 2.24) is 10.2 Å². The number of hydrogen-bond donors (Lipinski definition) is 0. The number of nitrogens with zero attached hydrogens (tertiary/aromatic N) is 2. The van der Waals surface area contributed by atoms with E-state index in [1.807, 2.05) is 12.1 Å². The van der Waals surface area contributed by atoms with Crippen LogP contribution < -0.4 is 0 Å². The highest BCUT2D eigenvalue weighted by molar-refractivity contribution is 7.16. The minimum Gasteiger partial charge on any atom is -0.158 e. The zero-order chi connectivity index (χ0) is 13.2. The summed E-state index contributed by atoms with van der Waals surface area (Å²) in [5.41, 5.74) is 1.61. The standard InChI is InChI=1S/C14H13ClN2S/c1-14(2,3)12-9-10(13(15)18-12)6-7-11-5-4-8-16-17-11/h4-5,8-9H,1-3H3. The summed E-state index contributed by atoms with van der Waals surface area (Å²) in [6, 6.07) is 5.69. The Labute approximate surface area is 116 Å². The van der Waals surface area contributed by atoms with E-state index in [-0.39, 0.29) is 5.41 Å². The van der Waals surface area contributed by atoms with Gasteiger partial charge in [-0.15, -0.1) is 16.4 Å². The quantitative estimate of drug-likeness (QED) is 0.682. The smallest absolute Gasteiger partial charge is 0.136 e. The lowest BCUT2D eigenvalue weighted by molar-refractivity contribution is 0.604. The largest absolute Gasteiger partial charge is 0.158 e. The van der Waals surface area contributed by atoms with Gasteiger partial charge in [-0.05, 0) is 29.5 Å². The molecule has 2 heterocycles. The predicted octanol–water partition coefficient (Wildman–Crippen LogP) is 3.89. The van der Waals surface area contributed by atoms with E-state index in [4.69, 9.17) is 11.6 Å².